The van der Waals surface area contributed by atoms with Gasteiger partial charge in [0.2, 0.25) is 0 Å². The highest BCUT2D eigenvalue weighted by Crippen LogP contribution is 2.24. The number of hydrogen-bond acceptors (Lipinski definition) is 5. The monoisotopic (exact) mass is 445 g/mol. The summed E-state index contributed by atoms with van der Waals surface area (Å²) in [6.45, 7) is 4.83. The smallest absolute Gasteiger partial charge is 0.276 e. The Morgan fingerprint density at radius 2 is 1.78 bits per heavy atom. The molecule has 3 aromatic carbocycles. The summed E-state index contributed by atoms with van der Waals surface area (Å²) in [7, 11) is 0. The zero-order valence-corrected chi connectivity index (χ0v) is 18.7. The lowest BCUT2D eigenvalue weighted by Gasteiger charge is -2.11. The van der Waals surface area contributed by atoms with Crippen molar-refractivity contribution in [2.24, 2.45) is 0 Å². The van der Waals surface area contributed by atoms with Gasteiger partial charge in [-0.05, 0) is 66.8 Å². The van der Waals surface area contributed by atoms with Gasteiger partial charge in [-0.25, -0.2) is 0 Å². The molecule has 162 valence electrons. The van der Waals surface area contributed by atoms with Crippen molar-refractivity contribution in [3.63, 3.8) is 0 Å². The SMILES string of the molecule is CCOc1ccc(CNC(=O)c2ccc(C)c(NC(=O)c3nsc4ccccc34)c2)cc1. The number of aryl methyl sites for hydroxylation is 1. The van der Waals surface area contributed by atoms with Crippen LogP contribution in [0.2, 0.25) is 0 Å². The minimum absolute atomic E-state index is 0.214. The first kappa shape index (κ1) is 21.5. The number of nitrogens with one attached hydrogen (secondary N) is 2. The van der Waals surface area contributed by atoms with Crippen LogP contribution in [0.25, 0.3) is 10.1 Å². The number of amides is 2. The number of hydrogen-bond donors (Lipinski definition) is 2. The topological polar surface area (TPSA) is 80.3 Å². The van der Waals surface area contributed by atoms with E-state index < -0.39 is 0 Å². The number of carbonyl (C=O) groups excluding carboxylic acids is 2. The van der Waals surface area contributed by atoms with Crippen LogP contribution in [0.1, 0.15) is 38.9 Å². The molecule has 0 saturated heterocycles. The molecule has 0 unspecified atom stereocenters. The molecule has 0 saturated carbocycles. The van der Waals surface area contributed by atoms with Crippen LogP contribution < -0.4 is 15.4 Å². The van der Waals surface area contributed by atoms with Gasteiger partial charge in [-0.15, -0.1) is 0 Å². The van der Waals surface area contributed by atoms with Gasteiger partial charge in [-0.3, -0.25) is 9.59 Å². The van der Waals surface area contributed by atoms with Gasteiger partial charge in [0, 0.05) is 23.2 Å². The third-order valence-corrected chi connectivity index (χ3v) is 5.85. The van der Waals surface area contributed by atoms with E-state index in [1.165, 1.54) is 11.5 Å². The Hall–Kier alpha value is -3.71. The number of aromatic nitrogens is 1. The third kappa shape index (κ3) is 4.78. The summed E-state index contributed by atoms with van der Waals surface area (Å²) in [6, 6.07) is 20.5. The molecular formula is C25H23N3O3S. The van der Waals surface area contributed by atoms with Crippen molar-refractivity contribution < 1.29 is 14.3 Å². The van der Waals surface area contributed by atoms with E-state index in [0.29, 0.717) is 30.1 Å². The molecule has 0 bridgehead atoms. The molecule has 4 rings (SSSR count). The average molecular weight is 446 g/mol. The standard InChI is InChI=1S/C25H23N3O3S/c1-3-31-19-12-9-17(10-13-19)15-26-24(29)18-11-8-16(2)21(14-18)27-25(30)23-20-6-4-5-7-22(20)32-28-23/h4-14H,3,15H2,1-2H3,(H,26,29)(H,27,30). The summed E-state index contributed by atoms with van der Waals surface area (Å²) in [5.41, 5.74) is 3.27. The Bertz CT molecular complexity index is 1270. The molecule has 2 N–H and O–H groups in total. The summed E-state index contributed by atoms with van der Waals surface area (Å²) in [6.07, 6.45) is 0. The number of benzene rings is 3. The quantitative estimate of drug-likeness (QED) is 0.410. The van der Waals surface area contributed by atoms with Crippen molar-refractivity contribution in [3.05, 3.63) is 89.1 Å². The Kier molecular flexibility index (Phi) is 6.47. The molecule has 0 radical (unpaired) electrons. The largest absolute Gasteiger partial charge is 0.494 e. The number of fused-ring (bicyclic) bond motifs is 1. The van der Waals surface area contributed by atoms with Gasteiger partial charge in [-0.1, -0.05) is 36.4 Å². The van der Waals surface area contributed by atoms with E-state index in [-0.39, 0.29) is 11.8 Å². The number of nitrogens with zero attached hydrogens (tertiary/aromatic N) is 1. The zero-order chi connectivity index (χ0) is 22.5. The van der Waals surface area contributed by atoms with Crippen LogP contribution in [0.5, 0.6) is 5.75 Å². The molecule has 1 aromatic heterocycles. The van der Waals surface area contributed by atoms with Gasteiger partial charge in [0.15, 0.2) is 0 Å². The minimum atomic E-state index is -0.294. The third-order valence-electron chi connectivity index (χ3n) is 5.03. The number of carbonyl (C=O) groups is 2. The van der Waals surface area contributed by atoms with Crippen LogP contribution in [-0.2, 0) is 6.54 Å². The number of rotatable bonds is 7. The van der Waals surface area contributed by atoms with Crippen molar-refractivity contribution >= 4 is 39.1 Å². The van der Waals surface area contributed by atoms with Crippen molar-refractivity contribution in [2.75, 3.05) is 11.9 Å². The molecule has 2 amide bonds. The van der Waals surface area contributed by atoms with Gasteiger partial charge in [0.25, 0.3) is 11.8 Å². The molecule has 0 atom stereocenters. The molecule has 0 spiro atoms. The summed E-state index contributed by atoms with van der Waals surface area (Å²) in [5, 5.41) is 6.64. The summed E-state index contributed by atoms with van der Waals surface area (Å²) in [5.74, 6) is 0.292. The molecule has 0 fully saturated rings. The number of anilines is 1. The summed E-state index contributed by atoms with van der Waals surface area (Å²) in [4.78, 5) is 25.5. The lowest BCUT2D eigenvalue weighted by Crippen LogP contribution is -2.23. The Morgan fingerprint density at radius 3 is 2.56 bits per heavy atom. The van der Waals surface area contributed by atoms with E-state index in [4.69, 9.17) is 4.74 Å². The van der Waals surface area contributed by atoms with E-state index in [1.807, 2.05) is 68.4 Å². The van der Waals surface area contributed by atoms with E-state index in [2.05, 4.69) is 15.0 Å². The van der Waals surface area contributed by atoms with Crippen molar-refractivity contribution in [2.45, 2.75) is 20.4 Å². The zero-order valence-electron chi connectivity index (χ0n) is 17.8. The normalized spacial score (nSPS) is 10.7. The van der Waals surface area contributed by atoms with Crippen molar-refractivity contribution in [1.29, 1.82) is 0 Å². The molecule has 6 nitrogen and oxygen atoms in total. The fourth-order valence-corrected chi connectivity index (χ4v) is 4.06. The van der Waals surface area contributed by atoms with Crippen LogP contribution in [0.3, 0.4) is 0 Å². The maximum Gasteiger partial charge on any atom is 0.276 e. The fourth-order valence-electron chi connectivity index (χ4n) is 3.28. The Morgan fingerprint density at radius 1 is 1.00 bits per heavy atom. The maximum absolute atomic E-state index is 12.8. The van der Waals surface area contributed by atoms with Crippen LogP contribution in [0.4, 0.5) is 5.69 Å². The molecule has 32 heavy (non-hydrogen) atoms. The van der Waals surface area contributed by atoms with E-state index in [1.54, 1.807) is 12.1 Å². The lowest BCUT2D eigenvalue weighted by molar-refractivity contribution is 0.0949. The highest BCUT2D eigenvalue weighted by molar-refractivity contribution is 7.13. The van der Waals surface area contributed by atoms with E-state index >= 15 is 0 Å². The van der Waals surface area contributed by atoms with Gasteiger partial charge in [0.1, 0.15) is 11.4 Å². The summed E-state index contributed by atoms with van der Waals surface area (Å²) < 4.78 is 10.7. The molecule has 4 aromatic rings. The minimum Gasteiger partial charge on any atom is -0.494 e. The Labute approximate surface area is 190 Å². The predicted molar refractivity (Wildman–Crippen MR) is 128 cm³/mol. The Balaban J connectivity index is 1.44. The van der Waals surface area contributed by atoms with E-state index in [9.17, 15) is 9.59 Å². The highest BCUT2D eigenvalue weighted by atomic mass is 32.1. The van der Waals surface area contributed by atoms with Gasteiger partial charge in [0.05, 0.1) is 11.3 Å². The second-order valence-corrected chi connectivity index (χ2v) is 8.08. The van der Waals surface area contributed by atoms with Gasteiger partial charge < -0.3 is 15.4 Å². The molecule has 0 aliphatic carbocycles. The summed E-state index contributed by atoms with van der Waals surface area (Å²) >= 11 is 1.29. The molecule has 7 heteroatoms. The predicted octanol–water partition coefficient (Wildman–Crippen LogP) is 5.19. The molecule has 0 aliphatic rings. The molecule has 1 heterocycles. The maximum atomic E-state index is 12.8. The fraction of sp³-hybridized carbons (Fsp3) is 0.160. The molecule has 0 aliphatic heterocycles. The second-order valence-electron chi connectivity index (χ2n) is 7.27. The van der Waals surface area contributed by atoms with Gasteiger partial charge >= 0.3 is 0 Å². The first-order chi connectivity index (χ1) is 15.5. The lowest BCUT2D eigenvalue weighted by atomic mass is 10.1. The van der Waals surface area contributed by atoms with Crippen LogP contribution in [-0.4, -0.2) is 22.8 Å². The van der Waals surface area contributed by atoms with Crippen LogP contribution >= 0.6 is 11.5 Å². The van der Waals surface area contributed by atoms with Crippen molar-refractivity contribution in [3.8, 4) is 5.75 Å². The second kappa shape index (κ2) is 9.62. The highest BCUT2D eigenvalue weighted by Gasteiger charge is 2.16. The van der Waals surface area contributed by atoms with Gasteiger partial charge in [-0.2, -0.15) is 4.37 Å². The van der Waals surface area contributed by atoms with Crippen LogP contribution in [0.15, 0.2) is 66.7 Å². The van der Waals surface area contributed by atoms with Crippen LogP contribution in [0, 0.1) is 6.92 Å². The first-order valence-corrected chi connectivity index (χ1v) is 11.1. The van der Waals surface area contributed by atoms with Crippen molar-refractivity contribution in [1.82, 2.24) is 9.69 Å². The number of ether oxygens (including phenoxy) is 1. The average Bonchev–Trinajstić information content (AvgIpc) is 3.24. The molecular weight excluding hydrogens is 422 g/mol. The first-order valence-electron chi connectivity index (χ1n) is 10.3. The van der Waals surface area contributed by atoms with E-state index in [0.717, 1.165) is 27.0 Å².